The molecule has 1 unspecified atom stereocenters. The third kappa shape index (κ3) is 1.81. The summed E-state index contributed by atoms with van der Waals surface area (Å²) in [4.78, 5) is 3.14. The van der Waals surface area contributed by atoms with Gasteiger partial charge in [-0.25, -0.2) is 0 Å². The fourth-order valence-corrected chi connectivity index (χ4v) is 11.2. The van der Waals surface area contributed by atoms with Crippen LogP contribution >= 0.6 is 11.8 Å². The first-order valence-electron chi connectivity index (χ1n) is 9.38. The molecule has 0 radical (unpaired) electrons. The highest BCUT2D eigenvalue weighted by Crippen LogP contribution is 2.68. The van der Waals surface area contributed by atoms with Crippen LogP contribution in [0.2, 0.25) is 13.1 Å². The summed E-state index contributed by atoms with van der Waals surface area (Å²) < 4.78 is 0. The fourth-order valence-electron chi connectivity index (χ4n) is 5.15. The summed E-state index contributed by atoms with van der Waals surface area (Å²) in [5, 5.41) is 6.25. The third-order valence-electron chi connectivity index (χ3n) is 6.38. The molecule has 0 aromatic heterocycles. The van der Waals surface area contributed by atoms with Crippen molar-refractivity contribution < 1.29 is 0 Å². The van der Waals surface area contributed by atoms with Crippen molar-refractivity contribution >= 4 is 35.5 Å². The van der Waals surface area contributed by atoms with E-state index in [1.54, 1.807) is 25.8 Å². The van der Waals surface area contributed by atoms with Crippen molar-refractivity contribution in [1.29, 1.82) is 0 Å². The number of hydrogen-bond acceptors (Lipinski definition) is 1. The van der Waals surface area contributed by atoms with Gasteiger partial charge in [0.15, 0.2) is 0 Å². The van der Waals surface area contributed by atoms with Gasteiger partial charge >= 0.3 is 0 Å². The second kappa shape index (κ2) is 5.02. The average Bonchev–Trinajstić information content (AvgIpc) is 3.33. The van der Waals surface area contributed by atoms with Crippen LogP contribution in [0, 0.1) is 5.92 Å². The Morgan fingerprint density at radius 1 is 1.00 bits per heavy atom. The Kier molecular flexibility index (Phi) is 2.91. The van der Waals surface area contributed by atoms with Gasteiger partial charge in [-0.1, -0.05) is 89.9 Å². The highest BCUT2D eigenvalue weighted by atomic mass is 32.2. The molecule has 0 N–H and O–H groups in total. The van der Waals surface area contributed by atoms with Gasteiger partial charge < -0.3 is 0 Å². The lowest BCUT2D eigenvalue weighted by Crippen LogP contribution is -2.49. The summed E-state index contributed by atoms with van der Waals surface area (Å²) >= 11 is 2.04. The Hall–Kier alpha value is -2.03. The molecule has 0 spiro atoms. The molecule has 4 aliphatic rings. The molecule has 6 rings (SSSR count). The number of thioether (sulfide) groups is 1. The fraction of sp³-hybridized carbons (Fsp3) is 0.167. The molecule has 2 heterocycles. The zero-order chi connectivity index (χ0) is 17.5. The van der Waals surface area contributed by atoms with Crippen molar-refractivity contribution in [3.63, 3.8) is 0 Å². The second-order valence-electron chi connectivity index (χ2n) is 8.16. The lowest BCUT2D eigenvalue weighted by molar-refractivity contribution is 0.933. The maximum atomic E-state index is 2.56. The quantitative estimate of drug-likeness (QED) is 0.526. The molecule has 2 aliphatic carbocycles. The summed E-state index contributed by atoms with van der Waals surface area (Å²) in [6.45, 7) is 5.11. The van der Waals surface area contributed by atoms with Gasteiger partial charge in [0.2, 0.25) is 0 Å². The first kappa shape index (κ1) is 15.1. The molecular weight excluding hydrogens is 348 g/mol. The normalized spacial score (nSPS) is 24.9. The molecule has 0 saturated carbocycles. The number of fused-ring (bicyclic) bond motifs is 1. The van der Waals surface area contributed by atoms with Gasteiger partial charge in [0.1, 0.15) is 8.07 Å². The molecule has 0 nitrogen and oxygen atoms in total. The molecule has 126 valence electrons. The smallest absolute Gasteiger partial charge is 0.0934 e. The third-order valence-corrected chi connectivity index (χ3v) is 11.6. The van der Waals surface area contributed by atoms with Gasteiger partial charge in [0.05, 0.1) is 0 Å². The molecule has 2 aliphatic heterocycles. The molecule has 26 heavy (non-hydrogen) atoms. The molecule has 1 fully saturated rings. The Bertz CT molecular complexity index is 1150. The predicted molar refractivity (Wildman–Crippen MR) is 116 cm³/mol. The minimum absolute atomic E-state index is 0.625. The van der Waals surface area contributed by atoms with Gasteiger partial charge in [-0.2, -0.15) is 0 Å². The molecule has 0 bridgehead atoms. The Morgan fingerprint density at radius 3 is 2.65 bits per heavy atom. The van der Waals surface area contributed by atoms with E-state index in [0.29, 0.717) is 5.92 Å². The number of rotatable bonds is 2. The van der Waals surface area contributed by atoms with Crippen LogP contribution < -0.4 is 0 Å². The number of benzene rings is 2. The van der Waals surface area contributed by atoms with Crippen LogP contribution in [0.25, 0.3) is 15.7 Å². The van der Waals surface area contributed by atoms with Crippen LogP contribution in [0.3, 0.4) is 0 Å². The lowest BCUT2D eigenvalue weighted by atomic mass is 10.0. The summed E-state index contributed by atoms with van der Waals surface area (Å²) in [6.07, 6.45) is 10.4. The van der Waals surface area contributed by atoms with E-state index in [-0.39, 0.29) is 0 Å². The van der Waals surface area contributed by atoms with E-state index in [4.69, 9.17) is 0 Å². The Morgan fingerprint density at radius 2 is 1.85 bits per heavy atom. The summed E-state index contributed by atoms with van der Waals surface area (Å²) in [7, 11) is -1.49. The summed E-state index contributed by atoms with van der Waals surface area (Å²) in [5.41, 5.74) is 4.54. The zero-order valence-electron chi connectivity index (χ0n) is 15.0. The van der Waals surface area contributed by atoms with Crippen LogP contribution in [0.15, 0.2) is 93.2 Å². The van der Waals surface area contributed by atoms with Gasteiger partial charge in [0, 0.05) is 15.7 Å². The van der Waals surface area contributed by atoms with E-state index in [1.165, 1.54) is 21.9 Å². The standard InChI is InChI=1S/C24H20SSi/c1-26(2)23-19(16-8-4-5-9-16)14-20-21(23)24(26)22(25-20)18-12-11-15-7-3-6-10-17(15)13-18/h3-8,10-14,21H,9H2,1-2H3. The molecule has 0 amide bonds. The maximum absolute atomic E-state index is 2.56. The van der Waals surface area contributed by atoms with Crippen molar-refractivity contribution in [2.24, 2.45) is 5.92 Å². The molecule has 1 saturated heterocycles. The Labute approximate surface area is 159 Å². The van der Waals surface area contributed by atoms with Crippen molar-refractivity contribution in [1.82, 2.24) is 0 Å². The monoisotopic (exact) mass is 368 g/mol. The molecule has 1 atom stereocenters. The van der Waals surface area contributed by atoms with Crippen molar-refractivity contribution in [2.45, 2.75) is 19.5 Å². The number of allylic oxidation sites excluding steroid dienone is 9. The van der Waals surface area contributed by atoms with E-state index in [1.807, 2.05) is 11.8 Å². The SMILES string of the molecule is C[Si]1(C)C2=C(C3=CC=CC3)C=C3SC(c4ccc5ccccc5c4)=C1C32. The van der Waals surface area contributed by atoms with Crippen LogP contribution in [0.4, 0.5) is 0 Å². The predicted octanol–water partition coefficient (Wildman–Crippen LogP) is 6.79. The maximum Gasteiger partial charge on any atom is 0.107 e. The van der Waals surface area contributed by atoms with E-state index in [9.17, 15) is 0 Å². The van der Waals surface area contributed by atoms with E-state index >= 15 is 0 Å². The van der Waals surface area contributed by atoms with Crippen molar-refractivity contribution in [2.75, 3.05) is 0 Å². The highest BCUT2D eigenvalue weighted by Gasteiger charge is 2.58. The second-order valence-corrected chi connectivity index (χ2v) is 13.6. The van der Waals surface area contributed by atoms with Crippen LogP contribution in [-0.2, 0) is 0 Å². The van der Waals surface area contributed by atoms with E-state index in [0.717, 1.165) is 6.42 Å². The average molecular weight is 369 g/mol. The molecule has 2 aromatic carbocycles. The van der Waals surface area contributed by atoms with Gasteiger partial charge in [-0.05, 0) is 46.0 Å². The van der Waals surface area contributed by atoms with Gasteiger partial charge in [0.25, 0.3) is 0 Å². The summed E-state index contributed by atoms with van der Waals surface area (Å²) in [6, 6.07) is 15.7. The largest absolute Gasteiger partial charge is 0.107 e. The van der Waals surface area contributed by atoms with E-state index in [2.05, 4.69) is 79.9 Å². The number of hydrogen-bond donors (Lipinski definition) is 0. The minimum atomic E-state index is -1.49. The van der Waals surface area contributed by atoms with Crippen molar-refractivity contribution in [3.05, 3.63) is 98.8 Å². The summed E-state index contributed by atoms with van der Waals surface area (Å²) in [5.74, 6) is 0.625. The first-order valence-corrected chi connectivity index (χ1v) is 13.2. The minimum Gasteiger partial charge on any atom is -0.0934 e. The van der Waals surface area contributed by atoms with Gasteiger partial charge in [-0.3, -0.25) is 0 Å². The Balaban J connectivity index is 1.50. The zero-order valence-corrected chi connectivity index (χ0v) is 16.9. The molecule has 2 aromatic rings. The molecule has 2 heteroatoms. The van der Waals surface area contributed by atoms with E-state index < -0.39 is 8.07 Å². The van der Waals surface area contributed by atoms with Crippen LogP contribution in [-0.4, -0.2) is 8.07 Å². The highest BCUT2D eigenvalue weighted by molar-refractivity contribution is 8.12. The van der Waals surface area contributed by atoms with Crippen LogP contribution in [0.1, 0.15) is 12.0 Å². The topological polar surface area (TPSA) is 0 Å². The lowest BCUT2D eigenvalue weighted by Gasteiger charge is -2.45. The van der Waals surface area contributed by atoms with Crippen molar-refractivity contribution in [3.8, 4) is 0 Å². The van der Waals surface area contributed by atoms with Crippen LogP contribution in [0.5, 0.6) is 0 Å². The molecular formula is C24H20SSi. The first-order chi connectivity index (χ1) is 12.6. The van der Waals surface area contributed by atoms with Gasteiger partial charge in [-0.15, -0.1) is 0 Å².